The summed E-state index contributed by atoms with van der Waals surface area (Å²) in [5.41, 5.74) is 2.81. The Balaban J connectivity index is 1.41. The van der Waals surface area contributed by atoms with Crippen molar-refractivity contribution in [3.05, 3.63) is 53.4 Å². The summed E-state index contributed by atoms with van der Waals surface area (Å²) in [5.74, 6) is 0.104. The van der Waals surface area contributed by atoms with Gasteiger partial charge in [0, 0.05) is 35.3 Å². The zero-order chi connectivity index (χ0) is 26.3. The van der Waals surface area contributed by atoms with Gasteiger partial charge < -0.3 is 15.1 Å². The minimum atomic E-state index is -0.610. The molecule has 1 N–H and O–H groups in total. The maximum atomic E-state index is 15.4. The summed E-state index contributed by atoms with van der Waals surface area (Å²) in [6.07, 6.45) is 3.85. The number of fused-ring (bicyclic) bond motifs is 1. The van der Waals surface area contributed by atoms with E-state index in [4.69, 9.17) is 0 Å². The molecule has 5 rings (SSSR count). The van der Waals surface area contributed by atoms with E-state index in [1.54, 1.807) is 0 Å². The summed E-state index contributed by atoms with van der Waals surface area (Å²) in [4.78, 5) is 13.0. The summed E-state index contributed by atoms with van der Waals surface area (Å²) < 4.78 is 30.3. The van der Waals surface area contributed by atoms with Crippen LogP contribution < -0.4 is 10.2 Å². The van der Waals surface area contributed by atoms with Crippen LogP contribution in [0.5, 0.6) is 0 Å². The fraction of sp³-hybridized carbons (Fsp3) is 0.500. The molecule has 0 atom stereocenters. The summed E-state index contributed by atoms with van der Waals surface area (Å²) in [7, 11) is 2.13. The topological polar surface area (TPSA) is 70.1 Å². The fourth-order valence-corrected chi connectivity index (χ4v) is 5.41. The molecule has 1 fully saturated rings. The molecule has 2 aromatic heterocycles. The summed E-state index contributed by atoms with van der Waals surface area (Å²) in [6.45, 7) is 11.4. The van der Waals surface area contributed by atoms with Crippen LogP contribution in [0.1, 0.15) is 57.7 Å². The number of piperidine rings is 1. The van der Waals surface area contributed by atoms with Crippen LogP contribution in [0.2, 0.25) is 0 Å². The van der Waals surface area contributed by atoms with E-state index < -0.39 is 5.82 Å². The molecular formula is C28H35F2N7. The second-order valence-corrected chi connectivity index (χ2v) is 11.5. The number of nitrogens with one attached hydrogen (secondary N) is 1. The van der Waals surface area contributed by atoms with E-state index in [0.29, 0.717) is 29.3 Å². The molecule has 0 bridgehead atoms. The van der Waals surface area contributed by atoms with Crippen molar-refractivity contribution in [2.75, 3.05) is 36.9 Å². The van der Waals surface area contributed by atoms with E-state index in [9.17, 15) is 4.39 Å². The number of anilines is 3. The standard InChI is InChI=1S/C28H35F2N7/c1-17(2)37-16-28(3,4)14-20-21(29)12-19(13-24(20)37)26-22(30)15-31-27(33-26)32-25-7-6-23(34-35-25)18-8-10-36(5)11-9-18/h6-7,12-13,15,17-18H,8-11,14,16H2,1-5H3,(H,31,32,33,35). The largest absolute Gasteiger partial charge is 0.368 e. The normalized spacial score (nSPS) is 18.2. The molecule has 0 saturated carbocycles. The van der Waals surface area contributed by atoms with E-state index in [1.807, 2.05) is 18.2 Å². The average molecular weight is 508 g/mol. The van der Waals surface area contributed by atoms with Crippen LogP contribution >= 0.6 is 0 Å². The van der Waals surface area contributed by atoms with Crippen LogP contribution in [-0.4, -0.2) is 57.8 Å². The monoisotopic (exact) mass is 507 g/mol. The third kappa shape index (κ3) is 5.42. The maximum absolute atomic E-state index is 15.4. The minimum Gasteiger partial charge on any atom is -0.368 e. The van der Waals surface area contributed by atoms with E-state index in [1.165, 1.54) is 6.07 Å². The maximum Gasteiger partial charge on any atom is 0.229 e. The predicted molar refractivity (Wildman–Crippen MR) is 142 cm³/mol. The average Bonchev–Trinajstić information content (AvgIpc) is 2.86. The highest BCUT2D eigenvalue weighted by atomic mass is 19.1. The third-order valence-corrected chi connectivity index (χ3v) is 7.44. The number of likely N-dealkylation sites (tertiary alicyclic amines) is 1. The highest BCUT2D eigenvalue weighted by molar-refractivity contribution is 5.71. The Labute approximate surface area is 217 Å². The van der Waals surface area contributed by atoms with Crippen LogP contribution in [0.4, 0.5) is 26.2 Å². The van der Waals surface area contributed by atoms with Crippen LogP contribution in [0.25, 0.3) is 11.3 Å². The van der Waals surface area contributed by atoms with Gasteiger partial charge in [0.25, 0.3) is 0 Å². The first-order valence-corrected chi connectivity index (χ1v) is 13.0. The molecule has 0 aliphatic carbocycles. The number of nitrogens with zero attached hydrogens (tertiary/aromatic N) is 6. The molecule has 2 aliphatic heterocycles. The molecule has 0 radical (unpaired) electrons. The second-order valence-electron chi connectivity index (χ2n) is 11.5. The van der Waals surface area contributed by atoms with E-state index >= 15 is 4.39 Å². The number of hydrogen-bond acceptors (Lipinski definition) is 7. The van der Waals surface area contributed by atoms with Crippen molar-refractivity contribution in [2.24, 2.45) is 5.41 Å². The van der Waals surface area contributed by atoms with Gasteiger partial charge in [0.15, 0.2) is 11.6 Å². The Bertz CT molecular complexity index is 1270. The van der Waals surface area contributed by atoms with Gasteiger partial charge in [-0.2, -0.15) is 5.10 Å². The number of rotatable bonds is 5. The molecule has 0 spiro atoms. The Morgan fingerprint density at radius 3 is 2.49 bits per heavy atom. The molecule has 0 amide bonds. The van der Waals surface area contributed by atoms with Crippen molar-refractivity contribution in [3.8, 4) is 11.3 Å². The van der Waals surface area contributed by atoms with E-state index in [-0.39, 0.29) is 28.9 Å². The minimum absolute atomic E-state index is 0.0450. The van der Waals surface area contributed by atoms with Crippen molar-refractivity contribution in [1.82, 2.24) is 25.1 Å². The highest BCUT2D eigenvalue weighted by Crippen LogP contribution is 2.41. The summed E-state index contributed by atoms with van der Waals surface area (Å²) in [5, 5.41) is 11.7. The van der Waals surface area contributed by atoms with Gasteiger partial charge in [0.05, 0.1) is 11.9 Å². The molecule has 0 unspecified atom stereocenters. The predicted octanol–water partition coefficient (Wildman–Crippen LogP) is 5.56. The summed E-state index contributed by atoms with van der Waals surface area (Å²) in [6, 6.07) is 7.21. The van der Waals surface area contributed by atoms with Crippen LogP contribution in [0, 0.1) is 17.0 Å². The van der Waals surface area contributed by atoms with Gasteiger partial charge in [-0.25, -0.2) is 18.7 Å². The van der Waals surface area contributed by atoms with Crippen LogP contribution in [0.15, 0.2) is 30.5 Å². The third-order valence-electron chi connectivity index (χ3n) is 7.44. The zero-order valence-electron chi connectivity index (χ0n) is 22.2. The van der Waals surface area contributed by atoms with Gasteiger partial charge in [-0.05, 0) is 82.9 Å². The van der Waals surface area contributed by atoms with Crippen molar-refractivity contribution >= 4 is 17.5 Å². The van der Waals surface area contributed by atoms with Crippen LogP contribution in [0.3, 0.4) is 0 Å². The number of benzene rings is 1. The SMILES string of the molecule is CC(C)N1CC(C)(C)Cc2c(F)cc(-c3nc(Nc4ccc(C5CCN(C)CC5)nn4)ncc3F)cc21. The van der Waals surface area contributed by atoms with Crippen LogP contribution in [-0.2, 0) is 6.42 Å². The molecule has 2 aliphatic rings. The molecule has 7 nitrogen and oxygen atoms in total. The smallest absolute Gasteiger partial charge is 0.229 e. The molecule has 3 aromatic rings. The van der Waals surface area contributed by atoms with Crippen molar-refractivity contribution in [2.45, 2.75) is 58.9 Å². The Hall–Kier alpha value is -3.20. The molecule has 1 saturated heterocycles. The van der Waals surface area contributed by atoms with Crippen molar-refractivity contribution < 1.29 is 8.78 Å². The lowest BCUT2D eigenvalue weighted by atomic mass is 9.80. The second kappa shape index (κ2) is 9.93. The quantitative estimate of drug-likeness (QED) is 0.485. The van der Waals surface area contributed by atoms with Crippen molar-refractivity contribution in [3.63, 3.8) is 0 Å². The number of hydrogen-bond donors (Lipinski definition) is 1. The fourth-order valence-electron chi connectivity index (χ4n) is 5.41. The Morgan fingerprint density at radius 2 is 1.81 bits per heavy atom. The van der Waals surface area contributed by atoms with Gasteiger partial charge in [0.2, 0.25) is 5.95 Å². The first-order valence-electron chi connectivity index (χ1n) is 13.0. The lowest BCUT2D eigenvalue weighted by Crippen LogP contribution is -2.44. The zero-order valence-corrected chi connectivity index (χ0v) is 22.2. The van der Waals surface area contributed by atoms with Gasteiger partial charge in [-0.1, -0.05) is 13.8 Å². The number of halogens is 2. The van der Waals surface area contributed by atoms with Gasteiger partial charge in [0.1, 0.15) is 11.5 Å². The van der Waals surface area contributed by atoms with Crippen molar-refractivity contribution in [1.29, 1.82) is 0 Å². The van der Waals surface area contributed by atoms with Gasteiger partial charge >= 0.3 is 0 Å². The number of aromatic nitrogens is 4. The first-order chi connectivity index (χ1) is 17.6. The van der Waals surface area contributed by atoms with E-state index in [0.717, 1.165) is 50.1 Å². The van der Waals surface area contributed by atoms with E-state index in [2.05, 4.69) is 70.0 Å². The molecule has 37 heavy (non-hydrogen) atoms. The molecule has 1 aromatic carbocycles. The molecule has 4 heterocycles. The lowest BCUT2D eigenvalue weighted by molar-refractivity contribution is 0.253. The van der Waals surface area contributed by atoms with Gasteiger partial charge in [-0.15, -0.1) is 5.10 Å². The van der Waals surface area contributed by atoms with Gasteiger partial charge in [-0.3, -0.25) is 0 Å². The Kier molecular flexibility index (Phi) is 6.83. The Morgan fingerprint density at radius 1 is 1.05 bits per heavy atom. The molecule has 9 heteroatoms. The molecule has 196 valence electrons. The first kappa shape index (κ1) is 25.4. The highest BCUT2D eigenvalue weighted by Gasteiger charge is 2.34. The lowest BCUT2D eigenvalue weighted by Gasteiger charge is -2.43. The summed E-state index contributed by atoms with van der Waals surface area (Å²) >= 11 is 0. The molecular weight excluding hydrogens is 472 g/mol.